The summed E-state index contributed by atoms with van der Waals surface area (Å²) in [4.78, 5) is 29.7. The van der Waals surface area contributed by atoms with Crippen molar-refractivity contribution in [2.75, 3.05) is 14.2 Å². The molecule has 1 atom stereocenters. The first-order valence-corrected chi connectivity index (χ1v) is 9.03. The highest BCUT2D eigenvalue weighted by Gasteiger charge is 2.25. The van der Waals surface area contributed by atoms with Crippen molar-refractivity contribution < 1.29 is 19.4 Å². The van der Waals surface area contributed by atoms with Gasteiger partial charge in [0.2, 0.25) is 0 Å². The number of ether oxygens (including phenoxy) is 1. The highest BCUT2D eigenvalue weighted by atomic mass is 16.5. The molecule has 0 spiro atoms. The van der Waals surface area contributed by atoms with Gasteiger partial charge in [0.05, 0.1) is 31.0 Å². The van der Waals surface area contributed by atoms with Crippen LogP contribution in [0.1, 0.15) is 29.3 Å². The first kappa shape index (κ1) is 19.4. The number of methoxy groups -OCH3 is 1. The summed E-state index contributed by atoms with van der Waals surface area (Å²) in [6.45, 7) is 2.33. The smallest absolute Gasteiger partial charge is 0.326 e. The van der Waals surface area contributed by atoms with Crippen LogP contribution in [-0.2, 0) is 11.3 Å². The predicted octanol–water partition coefficient (Wildman–Crippen LogP) is 3.03. The second kappa shape index (κ2) is 8.12. The summed E-state index contributed by atoms with van der Waals surface area (Å²) in [6.07, 6.45) is 2.06. The lowest BCUT2D eigenvalue weighted by atomic mass is 10.1. The van der Waals surface area contributed by atoms with Crippen LogP contribution in [0.5, 0.6) is 5.75 Å². The summed E-state index contributed by atoms with van der Waals surface area (Å²) in [5.41, 5.74) is 3.00. The van der Waals surface area contributed by atoms with Crippen LogP contribution in [0.15, 0.2) is 48.8 Å². The standard InChI is InChI=1S/C21H23N3O4/c1-4-17(21(26)27)23(2)20(25)14-9-10-18-16(11-14)22-13-24(18)12-15-7-5-6-8-19(15)28-3/h5-11,13,17H,4,12H2,1-3H3,(H,26,27)/t17-/m0/s1. The number of carboxylic acids is 1. The van der Waals surface area contributed by atoms with E-state index in [0.717, 1.165) is 16.8 Å². The van der Waals surface area contributed by atoms with Gasteiger partial charge >= 0.3 is 5.97 Å². The maximum absolute atomic E-state index is 12.7. The van der Waals surface area contributed by atoms with E-state index < -0.39 is 12.0 Å². The number of likely N-dealkylation sites (N-methyl/N-ethyl adjacent to an activating group) is 1. The van der Waals surface area contributed by atoms with E-state index in [-0.39, 0.29) is 5.91 Å². The van der Waals surface area contributed by atoms with E-state index in [2.05, 4.69) is 4.98 Å². The van der Waals surface area contributed by atoms with Gasteiger partial charge in [-0.1, -0.05) is 25.1 Å². The molecule has 3 rings (SSSR count). The largest absolute Gasteiger partial charge is 0.496 e. The lowest BCUT2D eigenvalue weighted by molar-refractivity contribution is -0.142. The van der Waals surface area contributed by atoms with Gasteiger partial charge in [0.25, 0.3) is 5.91 Å². The minimum Gasteiger partial charge on any atom is -0.496 e. The van der Waals surface area contributed by atoms with E-state index in [0.29, 0.717) is 24.0 Å². The molecule has 1 heterocycles. The first-order chi connectivity index (χ1) is 13.5. The maximum atomic E-state index is 12.7. The zero-order valence-electron chi connectivity index (χ0n) is 16.1. The number of hydrogen-bond donors (Lipinski definition) is 1. The molecule has 2 aromatic carbocycles. The van der Waals surface area contributed by atoms with Gasteiger partial charge in [-0.25, -0.2) is 9.78 Å². The number of aromatic nitrogens is 2. The fourth-order valence-corrected chi connectivity index (χ4v) is 3.30. The van der Waals surface area contributed by atoms with E-state index in [1.807, 2.05) is 34.9 Å². The molecular formula is C21H23N3O4. The Bertz CT molecular complexity index is 1010. The summed E-state index contributed by atoms with van der Waals surface area (Å²) < 4.78 is 7.39. The number of aliphatic carboxylic acids is 1. The second-order valence-electron chi connectivity index (χ2n) is 6.57. The Labute approximate surface area is 163 Å². The van der Waals surface area contributed by atoms with E-state index in [1.165, 1.54) is 11.9 Å². The molecular weight excluding hydrogens is 358 g/mol. The molecule has 146 valence electrons. The van der Waals surface area contributed by atoms with Crippen LogP contribution >= 0.6 is 0 Å². The highest BCUT2D eigenvalue weighted by molar-refractivity contribution is 5.99. The van der Waals surface area contributed by atoms with Crippen LogP contribution in [-0.4, -0.2) is 51.6 Å². The van der Waals surface area contributed by atoms with Crippen LogP contribution in [0.4, 0.5) is 0 Å². The van der Waals surface area contributed by atoms with Crippen LogP contribution in [0.3, 0.4) is 0 Å². The van der Waals surface area contributed by atoms with Gasteiger partial charge in [-0.3, -0.25) is 4.79 Å². The van der Waals surface area contributed by atoms with Crippen LogP contribution < -0.4 is 4.74 Å². The topological polar surface area (TPSA) is 84.7 Å². The lowest BCUT2D eigenvalue weighted by Crippen LogP contribution is -2.41. The number of para-hydroxylation sites is 1. The van der Waals surface area contributed by atoms with Gasteiger partial charge in [-0.15, -0.1) is 0 Å². The fraction of sp³-hybridized carbons (Fsp3) is 0.286. The molecule has 1 amide bonds. The molecule has 1 aromatic heterocycles. The van der Waals surface area contributed by atoms with Crippen LogP contribution in [0.2, 0.25) is 0 Å². The normalized spacial score (nSPS) is 12.0. The molecule has 7 heteroatoms. The van der Waals surface area contributed by atoms with Crippen molar-refractivity contribution in [1.29, 1.82) is 0 Å². The van der Waals surface area contributed by atoms with Gasteiger partial charge in [0.1, 0.15) is 11.8 Å². The minimum absolute atomic E-state index is 0.338. The van der Waals surface area contributed by atoms with E-state index in [4.69, 9.17) is 4.74 Å². The van der Waals surface area contributed by atoms with Gasteiger partial charge < -0.3 is 19.3 Å². The highest BCUT2D eigenvalue weighted by Crippen LogP contribution is 2.22. The molecule has 0 radical (unpaired) electrons. The van der Waals surface area contributed by atoms with Crippen LogP contribution in [0, 0.1) is 0 Å². The monoisotopic (exact) mass is 381 g/mol. The Hall–Kier alpha value is -3.35. The molecule has 0 unspecified atom stereocenters. The number of carboxylic acid groups (broad SMARTS) is 1. The third-order valence-electron chi connectivity index (χ3n) is 4.86. The van der Waals surface area contributed by atoms with Crippen molar-refractivity contribution >= 4 is 22.9 Å². The van der Waals surface area contributed by atoms with Crippen molar-refractivity contribution in [3.05, 3.63) is 59.9 Å². The van der Waals surface area contributed by atoms with Crippen molar-refractivity contribution in [2.24, 2.45) is 0 Å². The molecule has 0 aliphatic carbocycles. The number of carbonyl (C=O) groups excluding carboxylic acids is 1. The van der Waals surface area contributed by atoms with Crippen LogP contribution in [0.25, 0.3) is 11.0 Å². The molecule has 28 heavy (non-hydrogen) atoms. The summed E-state index contributed by atoms with van der Waals surface area (Å²) in [5, 5.41) is 9.28. The first-order valence-electron chi connectivity index (χ1n) is 9.03. The summed E-state index contributed by atoms with van der Waals surface area (Å²) in [7, 11) is 3.15. The van der Waals surface area contributed by atoms with E-state index in [9.17, 15) is 14.7 Å². The molecule has 0 saturated heterocycles. The molecule has 0 aliphatic rings. The Morgan fingerprint density at radius 1 is 1.25 bits per heavy atom. The SMILES string of the molecule is CC[C@@H](C(=O)O)N(C)C(=O)c1ccc2c(c1)ncn2Cc1ccccc1OC. The number of imidazole rings is 1. The van der Waals surface area contributed by atoms with Crippen molar-refractivity contribution in [1.82, 2.24) is 14.5 Å². The molecule has 1 N–H and O–H groups in total. The number of hydrogen-bond acceptors (Lipinski definition) is 4. The van der Waals surface area contributed by atoms with Crippen molar-refractivity contribution in [2.45, 2.75) is 25.9 Å². The maximum Gasteiger partial charge on any atom is 0.326 e. The average molecular weight is 381 g/mol. The van der Waals surface area contributed by atoms with Crippen molar-refractivity contribution in [3.8, 4) is 5.75 Å². The molecule has 0 aliphatic heterocycles. The third-order valence-corrected chi connectivity index (χ3v) is 4.86. The second-order valence-corrected chi connectivity index (χ2v) is 6.57. The Morgan fingerprint density at radius 2 is 2.00 bits per heavy atom. The fourth-order valence-electron chi connectivity index (χ4n) is 3.30. The predicted molar refractivity (Wildman–Crippen MR) is 106 cm³/mol. The van der Waals surface area contributed by atoms with E-state index in [1.54, 1.807) is 32.5 Å². The van der Waals surface area contributed by atoms with E-state index >= 15 is 0 Å². The molecule has 0 fully saturated rings. The number of amides is 1. The Morgan fingerprint density at radius 3 is 2.68 bits per heavy atom. The van der Waals surface area contributed by atoms with Crippen molar-refractivity contribution in [3.63, 3.8) is 0 Å². The molecule has 0 bridgehead atoms. The number of fused-ring (bicyclic) bond motifs is 1. The van der Waals surface area contributed by atoms with Gasteiger partial charge in [0.15, 0.2) is 0 Å². The third kappa shape index (κ3) is 3.69. The molecule has 0 saturated carbocycles. The van der Waals surface area contributed by atoms with Gasteiger partial charge in [-0.2, -0.15) is 0 Å². The number of benzene rings is 2. The zero-order valence-corrected chi connectivity index (χ0v) is 16.1. The Balaban J connectivity index is 1.88. The number of rotatable bonds is 7. The van der Waals surface area contributed by atoms with Gasteiger partial charge in [-0.05, 0) is 30.7 Å². The lowest BCUT2D eigenvalue weighted by Gasteiger charge is -2.23. The number of carbonyl (C=O) groups is 2. The van der Waals surface area contributed by atoms with Gasteiger partial charge in [0, 0.05) is 18.2 Å². The summed E-state index contributed by atoms with van der Waals surface area (Å²) in [6, 6.07) is 12.2. The Kier molecular flexibility index (Phi) is 5.63. The quantitative estimate of drug-likeness (QED) is 0.680. The number of nitrogens with zero attached hydrogens (tertiary/aromatic N) is 3. The zero-order chi connectivity index (χ0) is 20.3. The molecule has 7 nitrogen and oxygen atoms in total. The summed E-state index contributed by atoms with van der Waals surface area (Å²) in [5.74, 6) is -0.548. The minimum atomic E-state index is -1.01. The average Bonchev–Trinajstić information content (AvgIpc) is 3.10. The molecule has 3 aromatic rings. The summed E-state index contributed by atoms with van der Waals surface area (Å²) >= 11 is 0.